The van der Waals surface area contributed by atoms with Gasteiger partial charge in [-0.25, -0.2) is 0 Å². The third kappa shape index (κ3) is 1.83. The van der Waals surface area contributed by atoms with Gasteiger partial charge in [-0.2, -0.15) is 0 Å². The van der Waals surface area contributed by atoms with Gasteiger partial charge in [0.05, 0.1) is 0 Å². The Labute approximate surface area is 98.3 Å². The largest absolute Gasteiger partial charge is 0.384 e. The maximum Gasteiger partial charge on any atom is 0.0373 e. The molecule has 16 heavy (non-hydrogen) atoms. The zero-order chi connectivity index (χ0) is 11.2. The molecule has 0 aliphatic heterocycles. The molecule has 0 amide bonds. The fraction of sp³-hybridized carbons (Fsp3) is 0.600. The predicted molar refractivity (Wildman–Crippen MR) is 69.0 cm³/mol. The molecule has 1 fully saturated rings. The minimum Gasteiger partial charge on any atom is -0.384 e. The van der Waals surface area contributed by atoms with Gasteiger partial charge in [0.1, 0.15) is 0 Å². The molecule has 1 heteroatoms. The molecule has 3 rings (SSSR count). The second-order valence-electron chi connectivity index (χ2n) is 5.95. The minimum absolute atomic E-state index is 0.589. The molecule has 2 aliphatic rings. The Kier molecular flexibility index (Phi) is 2.24. The maximum atomic E-state index is 3.65. The predicted octanol–water partition coefficient (Wildman–Crippen LogP) is 3.70. The van der Waals surface area contributed by atoms with Crippen molar-refractivity contribution in [2.45, 2.75) is 46.0 Å². The van der Waals surface area contributed by atoms with Crippen LogP contribution in [0.3, 0.4) is 0 Å². The van der Waals surface area contributed by atoms with Gasteiger partial charge in [0.25, 0.3) is 0 Å². The van der Waals surface area contributed by atoms with E-state index in [-0.39, 0.29) is 0 Å². The second-order valence-corrected chi connectivity index (χ2v) is 5.95. The third-order valence-electron chi connectivity index (χ3n) is 4.25. The average Bonchev–Trinajstić information content (AvgIpc) is 2.82. The highest BCUT2D eigenvalue weighted by molar-refractivity contribution is 5.56. The van der Waals surface area contributed by atoms with Crippen molar-refractivity contribution in [3.8, 4) is 0 Å². The fourth-order valence-electron chi connectivity index (χ4n) is 2.64. The molecule has 1 aromatic rings. The Bertz CT molecular complexity index is 416. The van der Waals surface area contributed by atoms with Gasteiger partial charge < -0.3 is 5.32 Å². The van der Waals surface area contributed by atoms with Crippen LogP contribution >= 0.6 is 0 Å². The highest BCUT2D eigenvalue weighted by atomic mass is 14.9. The van der Waals surface area contributed by atoms with Crippen LogP contribution in [0, 0.1) is 12.3 Å². The molecule has 2 aliphatic carbocycles. The van der Waals surface area contributed by atoms with Crippen molar-refractivity contribution in [3.05, 3.63) is 28.8 Å². The van der Waals surface area contributed by atoms with E-state index in [0.29, 0.717) is 5.41 Å². The Morgan fingerprint density at radius 2 is 1.88 bits per heavy atom. The van der Waals surface area contributed by atoms with Crippen molar-refractivity contribution in [3.63, 3.8) is 0 Å². The van der Waals surface area contributed by atoms with Crippen LogP contribution in [-0.2, 0) is 12.8 Å². The molecular weight excluding hydrogens is 194 g/mol. The standard InChI is InChI=1S/C15H21N/c1-11-8-12-4-3-5-13(12)9-14(11)16-10-15(2)6-7-15/h8-9,16H,3-7,10H2,1-2H3. The number of rotatable bonds is 3. The topological polar surface area (TPSA) is 12.0 Å². The van der Waals surface area contributed by atoms with Gasteiger partial charge in [-0.15, -0.1) is 0 Å². The first kappa shape index (κ1) is 10.2. The summed E-state index contributed by atoms with van der Waals surface area (Å²) < 4.78 is 0. The van der Waals surface area contributed by atoms with Crippen molar-refractivity contribution in [1.29, 1.82) is 0 Å². The molecule has 0 radical (unpaired) electrons. The fourth-order valence-corrected chi connectivity index (χ4v) is 2.64. The number of benzene rings is 1. The molecule has 0 atom stereocenters. The summed E-state index contributed by atoms with van der Waals surface area (Å²) in [7, 11) is 0. The van der Waals surface area contributed by atoms with E-state index >= 15 is 0 Å². The average molecular weight is 215 g/mol. The molecule has 1 N–H and O–H groups in total. The van der Waals surface area contributed by atoms with Gasteiger partial charge in [0, 0.05) is 12.2 Å². The molecule has 0 aromatic heterocycles. The molecule has 1 nitrogen and oxygen atoms in total. The van der Waals surface area contributed by atoms with E-state index in [1.165, 1.54) is 43.4 Å². The lowest BCUT2D eigenvalue weighted by Crippen LogP contribution is -2.12. The molecule has 1 aromatic carbocycles. The van der Waals surface area contributed by atoms with Crippen LogP contribution in [0.1, 0.15) is 42.9 Å². The first-order valence-corrected chi connectivity index (χ1v) is 6.53. The molecule has 1 saturated carbocycles. The Hall–Kier alpha value is -0.980. The van der Waals surface area contributed by atoms with Crippen molar-refractivity contribution < 1.29 is 0 Å². The Morgan fingerprint density at radius 3 is 2.56 bits per heavy atom. The molecule has 0 heterocycles. The number of nitrogens with one attached hydrogen (secondary N) is 1. The molecule has 0 bridgehead atoms. The van der Waals surface area contributed by atoms with Gasteiger partial charge in [0.2, 0.25) is 0 Å². The minimum atomic E-state index is 0.589. The zero-order valence-electron chi connectivity index (χ0n) is 10.4. The van der Waals surface area contributed by atoms with Gasteiger partial charge in [-0.3, -0.25) is 0 Å². The number of fused-ring (bicyclic) bond motifs is 1. The maximum absolute atomic E-state index is 3.65. The third-order valence-corrected chi connectivity index (χ3v) is 4.25. The first-order valence-electron chi connectivity index (χ1n) is 6.53. The Balaban J connectivity index is 1.78. The molecule has 0 saturated heterocycles. The summed E-state index contributed by atoms with van der Waals surface area (Å²) in [5.41, 5.74) is 6.54. The Morgan fingerprint density at radius 1 is 1.19 bits per heavy atom. The van der Waals surface area contributed by atoms with Crippen molar-refractivity contribution in [2.24, 2.45) is 5.41 Å². The van der Waals surface area contributed by atoms with Crippen molar-refractivity contribution >= 4 is 5.69 Å². The van der Waals surface area contributed by atoms with Crippen LogP contribution in [0.15, 0.2) is 12.1 Å². The number of hydrogen-bond donors (Lipinski definition) is 1. The highest BCUT2D eigenvalue weighted by Gasteiger charge is 2.36. The van der Waals surface area contributed by atoms with Crippen molar-refractivity contribution in [1.82, 2.24) is 0 Å². The van der Waals surface area contributed by atoms with Crippen molar-refractivity contribution in [2.75, 3.05) is 11.9 Å². The summed E-state index contributed by atoms with van der Waals surface area (Å²) >= 11 is 0. The molecular formula is C15H21N. The van der Waals surface area contributed by atoms with E-state index in [0.717, 1.165) is 6.54 Å². The summed E-state index contributed by atoms with van der Waals surface area (Å²) in [4.78, 5) is 0. The van der Waals surface area contributed by atoms with E-state index < -0.39 is 0 Å². The van der Waals surface area contributed by atoms with E-state index in [9.17, 15) is 0 Å². The van der Waals surface area contributed by atoms with Gasteiger partial charge in [-0.1, -0.05) is 13.0 Å². The van der Waals surface area contributed by atoms with Gasteiger partial charge in [-0.05, 0) is 67.2 Å². The van der Waals surface area contributed by atoms with Crippen LogP contribution < -0.4 is 5.32 Å². The summed E-state index contributed by atoms with van der Waals surface area (Å²) in [5, 5.41) is 3.65. The van der Waals surface area contributed by atoms with E-state index in [1.54, 1.807) is 11.1 Å². The molecule has 86 valence electrons. The zero-order valence-corrected chi connectivity index (χ0v) is 10.4. The molecule has 0 unspecified atom stereocenters. The van der Waals surface area contributed by atoms with Gasteiger partial charge >= 0.3 is 0 Å². The SMILES string of the molecule is Cc1cc2c(cc1NCC1(C)CC1)CCC2. The lowest BCUT2D eigenvalue weighted by atomic mass is 10.0. The van der Waals surface area contributed by atoms with E-state index in [4.69, 9.17) is 0 Å². The normalized spacial score (nSPS) is 20.6. The van der Waals surface area contributed by atoms with Crippen LogP contribution in [-0.4, -0.2) is 6.54 Å². The number of aryl methyl sites for hydroxylation is 3. The van der Waals surface area contributed by atoms with Gasteiger partial charge in [0.15, 0.2) is 0 Å². The van der Waals surface area contributed by atoms with Crippen LogP contribution in [0.25, 0.3) is 0 Å². The second kappa shape index (κ2) is 3.51. The summed E-state index contributed by atoms with van der Waals surface area (Å²) in [5.74, 6) is 0. The highest BCUT2D eigenvalue weighted by Crippen LogP contribution is 2.45. The van der Waals surface area contributed by atoms with E-state index in [1.807, 2.05) is 0 Å². The summed E-state index contributed by atoms with van der Waals surface area (Å²) in [6.45, 7) is 5.76. The summed E-state index contributed by atoms with van der Waals surface area (Å²) in [6.07, 6.45) is 6.69. The van der Waals surface area contributed by atoms with Crippen LogP contribution in [0.4, 0.5) is 5.69 Å². The first-order chi connectivity index (χ1) is 7.66. The lowest BCUT2D eigenvalue weighted by Gasteiger charge is -2.15. The monoisotopic (exact) mass is 215 g/mol. The quantitative estimate of drug-likeness (QED) is 0.810. The van der Waals surface area contributed by atoms with Crippen LogP contribution in [0.5, 0.6) is 0 Å². The number of hydrogen-bond acceptors (Lipinski definition) is 1. The van der Waals surface area contributed by atoms with Crippen LogP contribution in [0.2, 0.25) is 0 Å². The molecule has 0 spiro atoms. The smallest absolute Gasteiger partial charge is 0.0373 e. The number of anilines is 1. The lowest BCUT2D eigenvalue weighted by molar-refractivity contribution is 0.610. The summed E-state index contributed by atoms with van der Waals surface area (Å²) in [6, 6.07) is 4.78. The van der Waals surface area contributed by atoms with E-state index in [2.05, 4.69) is 31.3 Å².